The third-order valence-electron chi connectivity index (χ3n) is 4.85. The van der Waals surface area contributed by atoms with E-state index in [4.69, 9.17) is 15.2 Å². The topological polar surface area (TPSA) is 115 Å². The van der Waals surface area contributed by atoms with Gasteiger partial charge in [0.25, 0.3) is 0 Å². The van der Waals surface area contributed by atoms with E-state index in [0.29, 0.717) is 24.7 Å². The van der Waals surface area contributed by atoms with Crippen LogP contribution in [-0.4, -0.2) is 68.1 Å². The SMILES string of the molecule is COc1ccc(-n2nc(N(C)C(=O)N(C)C)cc2-c2ccc(OCCNC(N)=O)cc2)cc1. The number of amides is 4. The summed E-state index contributed by atoms with van der Waals surface area (Å²) >= 11 is 0. The normalized spacial score (nSPS) is 10.4. The molecule has 0 saturated carbocycles. The minimum atomic E-state index is -0.589. The third kappa shape index (κ3) is 5.73. The fourth-order valence-electron chi connectivity index (χ4n) is 3.12. The highest BCUT2D eigenvalue weighted by Gasteiger charge is 2.19. The number of rotatable bonds is 8. The summed E-state index contributed by atoms with van der Waals surface area (Å²) < 4.78 is 12.7. The molecule has 4 amide bonds. The second-order valence-electron chi connectivity index (χ2n) is 7.40. The van der Waals surface area contributed by atoms with Crippen molar-refractivity contribution in [1.82, 2.24) is 20.0 Å². The number of nitrogens with one attached hydrogen (secondary N) is 1. The lowest BCUT2D eigenvalue weighted by atomic mass is 10.1. The van der Waals surface area contributed by atoms with Crippen LogP contribution in [0.2, 0.25) is 0 Å². The van der Waals surface area contributed by atoms with Crippen molar-refractivity contribution in [1.29, 1.82) is 0 Å². The molecule has 0 aliphatic heterocycles. The average molecular weight is 453 g/mol. The summed E-state index contributed by atoms with van der Waals surface area (Å²) in [6.45, 7) is 0.616. The van der Waals surface area contributed by atoms with Crippen molar-refractivity contribution in [2.75, 3.05) is 46.3 Å². The number of anilines is 1. The molecule has 33 heavy (non-hydrogen) atoms. The van der Waals surface area contributed by atoms with Crippen LogP contribution in [0.5, 0.6) is 11.5 Å². The van der Waals surface area contributed by atoms with E-state index < -0.39 is 6.03 Å². The molecule has 0 saturated heterocycles. The van der Waals surface area contributed by atoms with Gasteiger partial charge in [-0.3, -0.25) is 4.90 Å². The maximum atomic E-state index is 12.5. The van der Waals surface area contributed by atoms with Gasteiger partial charge >= 0.3 is 12.1 Å². The van der Waals surface area contributed by atoms with Crippen LogP contribution >= 0.6 is 0 Å². The molecule has 174 valence electrons. The smallest absolute Gasteiger partial charge is 0.324 e. The van der Waals surface area contributed by atoms with Crippen LogP contribution < -0.4 is 25.4 Å². The molecule has 0 aliphatic carbocycles. The molecule has 10 nitrogen and oxygen atoms in total. The average Bonchev–Trinajstić information content (AvgIpc) is 3.26. The zero-order valence-corrected chi connectivity index (χ0v) is 19.1. The van der Waals surface area contributed by atoms with Crippen molar-refractivity contribution in [2.45, 2.75) is 0 Å². The Kier molecular flexibility index (Phi) is 7.39. The molecule has 0 aliphatic rings. The molecule has 1 heterocycles. The maximum absolute atomic E-state index is 12.5. The van der Waals surface area contributed by atoms with E-state index in [9.17, 15) is 9.59 Å². The predicted octanol–water partition coefficient (Wildman–Crippen LogP) is 2.71. The van der Waals surface area contributed by atoms with Crippen molar-refractivity contribution in [3.63, 3.8) is 0 Å². The number of urea groups is 2. The first-order valence-electron chi connectivity index (χ1n) is 10.3. The lowest BCUT2D eigenvalue weighted by Crippen LogP contribution is -2.36. The summed E-state index contributed by atoms with van der Waals surface area (Å²) in [4.78, 5) is 26.2. The lowest BCUT2D eigenvalue weighted by molar-refractivity contribution is 0.225. The number of carbonyl (C=O) groups excluding carboxylic acids is 2. The number of hydrogen-bond acceptors (Lipinski definition) is 5. The van der Waals surface area contributed by atoms with Crippen LogP contribution in [0.1, 0.15) is 0 Å². The van der Waals surface area contributed by atoms with Gasteiger partial charge in [0.05, 0.1) is 25.0 Å². The van der Waals surface area contributed by atoms with Crippen molar-refractivity contribution >= 4 is 17.9 Å². The summed E-state index contributed by atoms with van der Waals surface area (Å²) in [6, 6.07) is 16.1. The van der Waals surface area contributed by atoms with E-state index in [2.05, 4.69) is 10.4 Å². The highest BCUT2D eigenvalue weighted by molar-refractivity contribution is 5.90. The second-order valence-corrected chi connectivity index (χ2v) is 7.40. The number of carbonyl (C=O) groups is 2. The number of nitrogens with zero attached hydrogens (tertiary/aromatic N) is 4. The van der Waals surface area contributed by atoms with E-state index in [1.54, 1.807) is 32.9 Å². The number of ether oxygens (including phenoxy) is 2. The Bertz CT molecular complexity index is 1090. The second kappa shape index (κ2) is 10.4. The summed E-state index contributed by atoms with van der Waals surface area (Å²) in [5, 5.41) is 7.16. The van der Waals surface area contributed by atoms with Crippen molar-refractivity contribution in [3.05, 3.63) is 54.6 Å². The largest absolute Gasteiger partial charge is 0.497 e. The zero-order chi connectivity index (χ0) is 24.0. The molecule has 0 spiro atoms. The molecule has 3 rings (SSSR count). The lowest BCUT2D eigenvalue weighted by Gasteiger charge is -2.19. The Balaban J connectivity index is 1.91. The Labute approximate surface area is 192 Å². The molecule has 1 aromatic heterocycles. The predicted molar refractivity (Wildman–Crippen MR) is 126 cm³/mol. The van der Waals surface area contributed by atoms with Crippen molar-refractivity contribution in [2.24, 2.45) is 5.73 Å². The van der Waals surface area contributed by atoms with Crippen LogP contribution in [-0.2, 0) is 0 Å². The first-order chi connectivity index (χ1) is 15.8. The number of hydrogen-bond donors (Lipinski definition) is 2. The van der Waals surface area contributed by atoms with Gasteiger partial charge < -0.3 is 25.4 Å². The zero-order valence-electron chi connectivity index (χ0n) is 19.1. The van der Waals surface area contributed by atoms with E-state index >= 15 is 0 Å². The summed E-state index contributed by atoms with van der Waals surface area (Å²) in [5.74, 6) is 1.90. The van der Waals surface area contributed by atoms with Crippen LogP contribution in [0.3, 0.4) is 0 Å². The van der Waals surface area contributed by atoms with Crippen LogP contribution in [0.15, 0.2) is 54.6 Å². The molecule has 0 atom stereocenters. The number of methoxy groups -OCH3 is 1. The number of aromatic nitrogens is 2. The van der Waals surface area contributed by atoms with Crippen molar-refractivity contribution in [3.8, 4) is 28.4 Å². The molecular formula is C23H28N6O4. The van der Waals surface area contributed by atoms with Gasteiger partial charge in [-0.15, -0.1) is 5.10 Å². The molecule has 10 heteroatoms. The Hall–Kier alpha value is -4.21. The molecule has 0 bridgehead atoms. The van der Waals surface area contributed by atoms with Gasteiger partial charge in [0.1, 0.15) is 18.1 Å². The number of benzene rings is 2. The molecule has 3 N–H and O–H groups in total. The van der Waals surface area contributed by atoms with Gasteiger partial charge in [0.15, 0.2) is 5.82 Å². The molecule has 3 aromatic rings. The van der Waals surface area contributed by atoms with E-state index in [0.717, 1.165) is 22.7 Å². The van der Waals surface area contributed by atoms with Gasteiger partial charge in [-0.2, -0.15) is 0 Å². The van der Waals surface area contributed by atoms with Gasteiger partial charge in [-0.05, 0) is 48.5 Å². The molecule has 0 radical (unpaired) electrons. The summed E-state index contributed by atoms with van der Waals surface area (Å²) in [5.41, 5.74) is 7.55. The third-order valence-corrected chi connectivity index (χ3v) is 4.85. The van der Waals surface area contributed by atoms with Crippen molar-refractivity contribution < 1.29 is 19.1 Å². The highest BCUT2D eigenvalue weighted by atomic mass is 16.5. The standard InChI is InChI=1S/C23H28N6O4/c1-27(2)23(31)28(3)21-15-20(29(26-21)17-7-11-18(32-4)12-8-17)16-5-9-19(10-6-16)33-14-13-25-22(24)30/h5-12,15H,13-14H2,1-4H3,(H3,24,25,30). The summed E-state index contributed by atoms with van der Waals surface area (Å²) in [6.07, 6.45) is 0. The first-order valence-corrected chi connectivity index (χ1v) is 10.3. The van der Waals surface area contributed by atoms with Crippen LogP contribution in [0, 0.1) is 0 Å². The van der Waals surface area contributed by atoms with E-state index in [1.807, 2.05) is 54.6 Å². The van der Waals surface area contributed by atoms with Crippen LogP contribution in [0.25, 0.3) is 16.9 Å². The number of nitrogens with two attached hydrogens (primary N) is 1. The number of primary amides is 1. The highest BCUT2D eigenvalue weighted by Crippen LogP contribution is 2.29. The van der Waals surface area contributed by atoms with E-state index in [-0.39, 0.29) is 6.03 Å². The Morgan fingerprint density at radius 3 is 2.24 bits per heavy atom. The fraction of sp³-hybridized carbons (Fsp3) is 0.261. The maximum Gasteiger partial charge on any atom is 0.324 e. The van der Waals surface area contributed by atoms with Gasteiger partial charge in [-0.1, -0.05) is 0 Å². The molecule has 0 fully saturated rings. The monoisotopic (exact) mass is 452 g/mol. The fourth-order valence-corrected chi connectivity index (χ4v) is 3.12. The quantitative estimate of drug-likeness (QED) is 0.510. The molecule has 2 aromatic carbocycles. The minimum absolute atomic E-state index is 0.186. The van der Waals surface area contributed by atoms with Gasteiger partial charge in [0, 0.05) is 32.8 Å². The van der Waals surface area contributed by atoms with Gasteiger partial charge in [0.2, 0.25) is 0 Å². The summed E-state index contributed by atoms with van der Waals surface area (Å²) in [7, 11) is 6.68. The Morgan fingerprint density at radius 1 is 1.03 bits per heavy atom. The van der Waals surface area contributed by atoms with Gasteiger partial charge in [-0.25, -0.2) is 14.3 Å². The first kappa shape index (κ1) is 23.5. The molecular weight excluding hydrogens is 424 g/mol. The van der Waals surface area contributed by atoms with E-state index in [1.165, 1.54) is 9.80 Å². The minimum Gasteiger partial charge on any atom is -0.497 e. The molecule has 0 unspecified atom stereocenters. The van der Waals surface area contributed by atoms with Crippen LogP contribution in [0.4, 0.5) is 15.4 Å². The Morgan fingerprint density at radius 2 is 1.67 bits per heavy atom.